The highest BCUT2D eigenvalue weighted by Crippen LogP contribution is 2.36. The summed E-state index contributed by atoms with van der Waals surface area (Å²) >= 11 is 0. The van der Waals surface area contributed by atoms with Crippen molar-refractivity contribution >= 4 is 0 Å². The van der Waals surface area contributed by atoms with Crippen LogP contribution in [0.4, 0.5) is 0 Å². The van der Waals surface area contributed by atoms with Crippen LogP contribution >= 0.6 is 0 Å². The SMILES string of the molecule is C#CCCN1CCC(CC)(CC)C1. The van der Waals surface area contributed by atoms with Gasteiger partial charge in [0.1, 0.15) is 0 Å². The molecule has 1 heteroatoms. The van der Waals surface area contributed by atoms with Crippen molar-refractivity contribution in [2.24, 2.45) is 5.41 Å². The molecule has 0 aromatic carbocycles. The summed E-state index contributed by atoms with van der Waals surface area (Å²) in [5.41, 5.74) is 0.606. The minimum Gasteiger partial charge on any atom is -0.302 e. The quantitative estimate of drug-likeness (QED) is 0.599. The summed E-state index contributed by atoms with van der Waals surface area (Å²) in [6.45, 7) is 8.24. The Morgan fingerprint density at radius 2 is 2.08 bits per heavy atom. The highest BCUT2D eigenvalue weighted by Gasteiger charge is 2.34. The lowest BCUT2D eigenvalue weighted by Gasteiger charge is -2.26. The smallest absolute Gasteiger partial charge is 0.0214 e. The summed E-state index contributed by atoms with van der Waals surface area (Å²) in [6, 6.07) is 0. The Balaban J connectivity index is 2.39. The summed E-state index contributed by atoms with van der Waals surface area (Å²) in [5, 5.41) is 0. The molecule has 13 heavy (non-hydrogen) atoms. The maximum atomic E-state index is 5.26. The lowest BCUT2D eigenvalue weighted by atomic mass is 9.82. The van der Waals surface area contributed by atoms with Crippen LogP contribution in [0.15, 0.2) is 0 Å². The molecule has 1 heterocycles. The highest BCUT2D eigenvalue weighted by atomic mass is 15.1. The molecule has 0 N–H and O–H groups in total. The first-order valence-electron chi connectivity index (χ1n) is 5.42. The molecule has 0 spiro atoms. The fourth-order valence-electron chi connectivity index (χ4n) is 2.27. The van der Waals surface area contributed by atoms with Crippen LogP contribution in [0.25, 0.3) is 0 Å². The van der Waals surface area contributed by atoms with Crippen molar-refractivity contribution in [1.82, 2.24) is 4.90 Å². The van der Waals surface area contributed by atoms with Crippen molar-refractivity contribution in [3.05, 3.63) is 0 Å². The fourth-order valence-corrected chi connectivity index (χ4v) is 2.27. The molecule has 1 nitrogen and oxygen atoms in total. The lowest BCUT2D eigenvalue weighted by Crippen LogP contribution is -2.26. The van der Waals surface area contributed by atoms with Crippen molar-refractivity contribution < 1.29 is 0 Å². The Hall–Kier alpha value is -0.480. The van der Waals surface area contributed by atoms with Gasteiger partial charge in [0.25, 0.3) is 0 Å². The Kier molecular flexibility index (Phi) is 3.81. The molecular formula is C12H21N. The Bertz CT molecular complexity index is 186. The predicted octanol–water partition coefficient (Wildman–Crippen LogP) is 2.52. The van der Waals surface area contributed by atoms with E-state index in [1.165, 1.54) is 32.4 Å². The van der Waals surface area contributed by atoms with E-state index in [2.05, 4.69) is 24.7 Å². The van der Waals surface area contributed by atoms with Gasteiger partial charge in [-0.25, -0.2) is 0 Å². The average Bonchev–Trinajstić information content (AvgIpc) is 2.59. The normalized spacial score (nSPS) is 21.6. The molecule has 0 amide bonds. The molecule has 0 atom stereocenters. The second kappa shape index (κ2) is 4.67. The Labute approximate surface area is 82.5 Å². The van der Waals surface area contributed by atoms with E-state index < -0.39 is 0 Å². The molecule has 1 aliphatic rings. The van der Waals surface area contributed by atoms with Gasteiger partial charge in [-0.2, -0.15) is 0 Å². The number of terminal acetylenes is 1. The van der Waals surface area contributed by atoms with Gasteiger partial charge in [-0.15, -0.1) is 12.3 Å². The Morgan fingerprint density at radius 3 is 2.54 bits per heavy atom. The van der Waals surface area contributed by atoms with Gasteiger partial charge in [0.15, 0.2) is 0 Å². The second-order valence-electron chi connectivity index (χ2n) is 4.19. The average molecular weight is 179 g/mol. The number of rotatable bonds is 4. The molecule has 0 aromatic rings. The van der Waals surface area contributed by atoms with E-state index in [4.69, 9.17) is 6.42 Å². The molecule has 1 aliphatic heterocycles. The second-order valence-corrected chi connectivity index (χ2v) is 4.19. The van der Waals surface area contributed by atoms with E-state index in [-0.39, 0.29) is 0 Å². The summed E-state index contributed by atoms with van der Waals surface area (Å²) < 4.78 is 0. The zero-order chi connectivity index (χ0) is 9.73. The molecule has 0 saturated carbocycles. The monoisotopic (exact) mass is 179 g/mol. The molecule has 0 aliphatic carbocycles. The van der Waals surface area contributed by atoms with Crippen LogP contribution in [0.2, 0.25) is 0 Å². The molecule has 74 valence electrons. The maximum Gasteiger partial charge on any atom is 0.0214 e. The zero-order valence-corrected chi connectivity index (χ0v) is 8.97. The van der Waals surface area contributed by atoms with E-state index in [9.17, 15) is 0 Å². The largest absolute Gasteiger partial charge is 0.302 e. The van der Waals surface area contributed by atoms with Crippen LogP contribution in [0.5, 0.6) is 0 Å². The third kappa shape index (κ3) is 2.48. The van der Waals surface area contributed by atoms with Gasteiger partial charge in [0, 0.05) is 19.5 Å². The van der Waals surface area contributed by atoms with Crippen LogP contribution in [0.1, 0.15) is 39.5 Å². The van der Waals surface area contributed by atoms with Crippen LogP contribution in [-0.2, 0) is 0 Å². The van der Waals surface area contributed by atoms with Crippen molar-refractivity contribution in [3.63, 3.8) is 0 Å². The third-order valence-corrected chi connectivity index (χ3v) is 3.59. The van der Waals surface area contributed by atoms with Crippen molar-refractivity contribution in [2.45, 2.75) is 39.5 Å². The molecule has 0 radical (unpaired) electrons. The molecule has 1 fully saturated rings. The summed E-state index contributed by atoms with van der Waals surface area (Å²) in [5.74, 6) is 2.72. The standard InChI is InChI=1S/C12H21N/c1-4-7-9-13-10-8-12(5-2,6-3)11-13/h1H,5-11H2,2-3H3. The van der Waals surface area contributed by atoms with E-state index in [1.807, 2.05) is 0 Å². The number of hydrogen-bond acceptors (Lipinski definition) is 1. The van der Waals surface area contributed by atoms with E-state index >= 15 is 0 Å². The van der Waals surface area contributed by atoms with Gasteiger partial charge in [-0.1, -0.05) is 13.8 Å². The van der Waals surface area contributed by atoms with Crippen molar-refractivity contribution in [1.29, 1.82) is 0 Å². The molecule has 0 aromatic heterocycles. The van der Waals surface area contributed by atoms with Crippen LogP contribution < -0.4 is 0 Å². The van der Waals surface area contributed by atoms with Gasteiger partial charge >= 0.3 is 0 Å². The van der Waals surface area contributed by atoms with Gasteiger partial charge in [0.05, 0.1) is 0 Å². The molecule has 0 bridgehead atoms. The first kappa shape index (κ1) is 10.6. The minimum atomic E-state index is 0.606. The maximum absolute atomic E-state index is 5.26. The fraction of sp³-hybridized carbons (Fsp3) is 0.833. The van der Waals surface area contributed by atoms with Crippen molar-refractivity contribution in [3.8, 4) is 12.3 Å². The van der Waals surface area contributed by atoms with Crippen LogP contribution in [-0.4, -0.2) is 24.5 Å². The summed E-state index contributed by atoms with van der Waals surface area (Å²) in [7, 11) is 0. The number of nitrogens with zero attached hydrogens (tertiary/aromatic N) is 1. The summed E-state index contributed by atoms with van der Waals surface area (Å²) in [6.07, 6.45) is 10.2. The molecular weight excluding hydrogens is 158 g/mol. The first-order chi connectivity index (χ1) is 6.26. The van der Waals surface area contributed by atoms with Gasteiger partial charge in [-0.3, -0.25) is 0 Å². The van der Waals surface area contributed by atoms with Gasteiger partial charge in [-0.05, 0) is 31.2 Å². The third-order valence-electron chi connectivity index (χ3n) is 3.59. The molecule has 0 unspecified atom stereocenters. The number of hydrogen-bond donors (Lipinski definition) is 0. The highest BCUT2D eigenvalue weighted by molar-refractivity contribution is 4.91. The Morgan fingerprint density at radius 1 is 1.38 bits per heavy atom. The summed E-state index contributed by atoms with van der Waals surface area (Å²) in [4.78, 5) is 2.52. The minimum absolute atomic E-state index is 0.606. The molecule has 1 saturated heterocycles. The van der Waals surface area contributed by atoms with E-state index in [1.54, 1.807) is 0 Å². The van der Waals surface area contributed by atoms with Gasteiger partial charge in [0.2, 0.25) is 0 Å². The first-order valence-corrected chi connectivity index (χ1v) is 5.42. The van der Waals surface area contributed by atoms with E-state index in [0.717, 1.165) is 13.0 Å². The molecule has 1 rings (SSSR count). The number of likely N-dealkylation sites (tertiary alicyclic amines) is 1. The van der Waals surface area contributed by atoms with Crippen LogP contribution in [0.3, 0.4) is 0 Å². The van der Waals surface area contributed by atoms with Gasteiger partial charge < -0.3 is 4.90 Å². The zero-order valence-electron chi connectivity index (χ0n) is 8.97. The predicted molar refractivity (Wildman–Crippen MR) is 57.5 cm³/mol. The topological polar surface area (TPSA) is 3.24 Å². The van der Waals surface area contributed by atoms with E-state index in [0.29, 0.717) is 5.41 Å². The van der Waals surface area contributed by atoms with Crippen molar-refractivity contribution in [2.75, 3.05) is 19.6 Å². The van der Waals surface area contributed by atoms with Crippen LogP contribution in [0, 0.1) is 17.8 Å². The lowest BCUT2D eigenvalue weighted by molar-refractivity contribution is 0.243.